The molecule has 0 saturated heterocycles. The van der Waals surface area contributed by atoms with Crippen molar-refractivity contribution in [3.63, 3.8) is 0 Å². The van der Waals surface area contributed by atoms with Crippen LogP contribution in [0.5, 0.6) is 5.75 Å². The molecule has 0 bridgehead atoms. The Labute approximate surface area is 103 Å². The largest absolute Gasteiger partial charge is 0.497 e. The molecule has 0 spiro atoms. The lowest BCUT2D eigenvalue weighted by atomic mass is 10.00. The number of carbonyl (C=O) groups excluding carboxylic acids is 1. The number of benzene rings is 1. The Morgan fingerprint density at radius 2 is 2.18 bits per heavy atom. The van der Waals surface area contributed by atoms with Gasteiger partial charge in [-0.15, -0.1) is 0 Å². The summed E-state index contributed by atoms with van der Waals surface area (Å²) in [5, 5.41) is 3.24. The summed E-state index contributed by atoms with van der Waals surface area (Å²) >= 11 is 0. The molecule has 1 atom stereocenters. The van der Waals surface area contributed by atoms with Crippen LogP contribution in [0.15, 0.2) is 18.2 Å². The van der Waals surface area contributed by atoms with Crippen molar-refractivity contribution in [3.05, 3.63) is 29.3 Å². The average Bonchev–Trinajstić information content (AvgIpc) is 2.28. The number of aryl methyl sites for hydroxylation is 1. The number of hydrogen-bond donors (Lipinski definition) is 1. The molecule has 0 saturated carbocycles. The van der Waals surface area contributed by atoms with Crippen molar-refractivity contribution >= 4 is 5.78 Å². The fraction of sp³-hybridized carbons (Fsp3) is 0.500. The number of nitrogens with one attached hydrogen (secondary N) is 1. The van der Waals surface area contributed by atoms with Crippen molar-refractivity contribution in [1.82, 2.24) is 5.32 Å². The van der Waals surface area contributed by atoms with E-state index in [1.807, 2.05) is 39.0 Å². The summed E-state index contributed by atoms with van der Waals surface area (Å²) in [5.74, 6) is 0.970. The van der Waals surface area contributed by atoms with E-state index in [-0.39, 0.29) is 11.8 Å². The smallest absolute Gasteiger partial charge is 0.164 e. The number of methoxy groups -OCH3 is 1. The maximum atomic E-state index is 12.1. The lowest BCUT2D eigenvalue weighted by Gasteiger charge is -2.12. The molecule has 1 aromatic rings. The third kappa shape index (κ3) is 3.86. The van der Waals surface area contributed by atoms with Gasteiger partial charge in [-0.3, -0.25) is 4.79 Å². The Hall–Kier alpha value is -1.35. The van der Waals surface area contributed by atoms with Crippen molar-refractivity contribution in [2.75, 3.05) is 13.7 Å². The minimum Gasteiger partial charge on any atom is -0.497 e. The normalized spacial score (nSPS) is 12.2. The molecule has 0 aromatic heterocycles. The molecule has 0 aliphatic rings. The van der Waals surface area contributed by atoms with E-state index in [1.54, 1.807) is 7.11 Å². The number of rotatable bonds is 6. The summed E-state index contributed by atoms with van der Waals surface area (Å²) in [4.78, 5) is 12.1. The lowest BCUT2D eigenvalue weighted by molar-refractivity contribution is 0.0971. The highest BCUT2D eigenvalue weighted by molar-refractivity contribution is 5.97. The molecule has 0 aliphatic carbocycles. The van der Waals surface area contributed by atoms with Crippen LogP contribution in [-0.2, 0) is 0 Å². The molecule has 0 radical (unpaired) electrons. The van der Waals surface area contributed by atoms with Gasteiger partial charge in [0.15, 0.2) is 5.78 Å². The quantitative estimate of drug-likeness (QED) is 0.770. The maximum Gasteiger partial charge on any atom is 0.164 e. The van der Waals surface area contributed by atoms with Gasteiger partial charge in [-0.25, -0.2) is 0 Å². The number of carbonyl (C=O) groups is 1. The van der Waals surface area contributed by atoms with Crippen molar-refractivity contribution in [1.29, 1.82) is 0 Å². The van der Waals surface area contributed by atoms with Crippen LogP contribution in [-0.4, -0.2) is 25.5 Å². The third-order valence-electron chi connectivity index (χ3n) is 2.78. The van der Waals surface area contributed by atoms with E-state index in [1.165, 1.54) is 0 Å². The lowest BCUT2D eigenvalue weighted by Crippen LogP contribution is -2.28. The minimum absolute atomic E-state index is 0.179. The summed E-state index contributed by atoms with van der Waals surface area (Å²) in [6.07, 6.45) is 0.529. The molecule has 17 heavy (non-hydrogen) atoms. The summed E-state index contributed by atoms with van der Waals surface area (Å²) < 4.78 is 5.13. The Kier molecular flexibility index (Phi) is 5.16. The average molecular weight is 235 g/mol. The number of Topliss-reactive ketones (excluding diaryl/α,β-unsaturated/α-hetero) is 1. The van der Waals surface area contributed by atoms with E-state index < -0.39 is 0 Å². The van der Waals surface area contributed by atoms with Gasteiger partial charge in [0.25, 0.3) is 0 Å². The molecule has 3 heteroatoms. The van der Waals surface area contributed by atoms with E-state index >= 15 is 0 Å². The second-order valence-electron chi connectivity index (χ2n) is 4.27. The number of hydrogen-bond acceptors (Lipinski definition) is 3. The van der Waals surface area contributed by atoms with Crippen LogP contribution in [0, 0.1) is 6.92 Å². The van der Waals surface area contributed by atoms with Crippen LogP contribution in [0.1, 0.15) is 36.2 Å². The first kappa shape index (κ1) is 13.7. The van der Waals surface area contributed by atoms with Crippen molar-refractivity contribution in [2.45, 2.75) is 33.2 Å². The van der Waals surface area contributed by atoms with Gasteiger partial charge in [0.2, 0.25) is 0 Å². The fourth-order valence-corrected chi connectivity index (χ4v) is 1.88. The summed E-state index contributed by atoms with van der Waals surface area (Å²) in [6.45, 7) is 6.89. The van der Waals surface area contributed by atoms with Crippen LogP contribution in [0.4, 0.5) is 0 Å². The van der Waals surface area contributed by atoms with Crippen LogP contribution < -0.4 is 10.1 Å². The molecular formula is C14H21NO2. The monoisotopic (exact) mass is 235 g/mol. The highest BCUT2D eigenvalue weighted by atomic mass is 16.5. The first-order valence-corrected chi connectivity index (χ1v) is 5.99. The number of ketones is 1. The molecule has 3 nitrogen and oxygen atoms in total. The fourth-order valence-electron chi connectivity index (χ4n) is 1.88. The molecule has 1 rings (SSSR count). The summed E-state index contributed by atoms with van der Waals surface area (Å²) in [7, 11) is 1.63. The minimum atomic E-state index is 0.179. The van der Waals surface area contributed by atoms with Gasteiger partial charge in [0.1, 0.15) is 5.75 Å². The SMILES string of the molecule is CCNC(C)CC(=O)c1ccc(OC)cc1C. The van der Waals surface area contributed by atoms with Gasteiger partial charge in [0, 0.05) is 18.0 Å². The van der Waals surface area contributed by atoms with Crippen molar-refractivity contribution in [3.8, 4) is 5.75 Å². The van der Waals surface area contributed by atoms with Gasteiger partial charge in [-0.2, -0.15) is 0 Å². The van der Waals surface area contributed by atoms with Gasteiger partial charge in [-0.1, -0.05) is 6.92 Å². The van der Waals surface area contributed by atoms with E-state index in [2.05, 4.69) is 5.32 Å². The predicted molar refractivity (Wildman–Crippen MR) is 69.8 cm³/mol. The van der Waals surface area contributed by atoms with Gasteiger partial charge >= 0.3 is 0 Å². The second kappa shape index (κ2) is 6.40. The Morgan fingerprint density at radius 3 is 2.71 bits per heavy atom. The topological polar surface area (TPSA) is 38.3 Å². The van der Waals surface area contributed by atoms with E-state index in [0.717, 1.165) is 23.4 Å². The zero-order chi connectivity index (χ0) is 12.8. The maximum absolute atomic E-state index is 12.1. The van der Waals surface area contributed by atoms with Gasteiger partial charge in [-0.05, 0) is 44.2 Å². The van der Waals surface area contributed by atoms with Crippen molar-refractivity contribution in [2.24, 2.45) is 0 Å². The van der Waals surface area contributed by atoms with Crippen molar-refractivity contribution < 1.29 is 9.53 Å². The molecule has 0 amide bonds. The Bertz CT molecular complexity index is 388. The van der Waals surface area contributed by atoms with E-state index in [9.17, 15) is 4.79 Å². The van der Waals surface area contributed by atoms with Crippen LogP contribution in [0.3, 0.4) is 0 Å². The molecular weight excluding hydrogens is 214 g/mol. The third-order valence-corrected chi connectivity index (χ3v) is 2.78. The summed E-state index contributed by atoms with van der Waals surface area (Å²) in [6, 6.07) is 5.78. The van der Waals surface area contributed by atoms with E-state index in [4.69, 9.17) is 4.74 Å². The first-order chi connectivity index (χ1) is 8.08. The van der Waals surface area contributed by atoms with Gasteiger partial charge in [0.05, 0.1) is 7.11 Å². The highest BCUT2D eigenvalue weighted by Gasteiger charge is 2.13. The molecule has 1 unspecified atom stereocenters. The number of ether oxygens (including phenoxy) is 1. The molecule has 0 heterocycles. The van der Waals surface area contributed by atoms with E-state index in [0.29, 0.717) is 6.42 Å². The molecule has 0 aliphatic heterocycles. The zero-order valence-electron chi connectivity index (χ0n) is 11.0. The Balaban J connectivity index is 2.75. The standard InChI is InChI=1S/C14H21NO2/c1-5-15-11(3)9-14(16)13-7-6-12(17-4)8-10(13)2/h6-8,11,15H,5,9H2,1-4H3. The molecule has 0 fully saturated rings. The molecule has 94 valence electrons. The zero-order valence-corrected chi connectivity index (χ0v) is 11.0. The second-order valence-corrected chi connectivity index (χ2v) is 4.27. The van der Waals surface area contributed by atoms with Crippen LogP contribution in [0.2, 0.25) is 0 Å². The highest BCUT2D eigenvalue weighted by Crippen LogP contribution is 2.18. The van der Waals surface area contributed by atoms with Gasteiger partial charge < -0.3 is 10.1 Å². The Morgan fingerprint density at radius 1 is 1.47 bits per heavy atom. The summed E-state index contributed by atoms with van der Waals surface area (Å²) in [5.41, 5.74) is 1.76. The van der Waals surface area contributed by atoms with Crippen LogP contribution >= 0.6 is 0 Å². The molecule has 1 aromatic carbocycles. The predicted octanol–water partition coefficient (Wildman–Crippen LogP) is 2.57. The molecule has 1 N–H and O–H groups in total. The van der Waals surface area contributed by atoms with Crippen LogP contribution in [0.25, 0.3) is 0 Å². The first-order valence-electron chi connectivity index (χ1n) is 5.99.